The molecule has 1 aromatic carbocycles. The van der Waals surface area contributed by atoms with E-state index in [1.165, 1.54) is 0 Å². The number of anilines is 1. The molecule has 3 rings (SSSR count). The third-order valence-corrected chi connectivity index (χ3v) is 3.46. The second kappa shape index (κ2) is 5.28. The van der Waals surface area contributed by atoms with Crippen molar-refractivity contribution in [3.05, 3.63) is 48.4 Å². The molecule has 1 saturated carbocycles. The predicted octanol–water partition coefficient (Wildman–Crippen LogP) is 2.23. The number of aromatic nitrogens is 2. The van der Waals surface area contributed by atoms with Crippen molar-refractivity contribution in [1.82, 2.24) is 9.97 Å². The normalized spacial score (nSPS) is 20.2. The standard InChI is InChI=1S/C15H15N3O2/c1-20-11-4-2-3-10(7-11)12-8-13(12)15(19)18-14-9-16-5-6-17-14/h2-7,9,12-13H,8H2,1H3,(H,17,18,19)/t12-,13+/m1/s1. The van der Waals surface area contributed by atoms with Crippen LogP contribution in [0.5, 0.6) is 5.75 Å². The molecule has 1 heterocycles. The highest BCUT2D eigenvalue weighted by atomic mass is 16.5. The molecule has 1 aromatic heterocycles. The Morgan fingerprint density at radius 2 is 2.30 bits per heavy atom. The van der Waals surface area contributed by atoms with Crippen molar-refractivity contribution in [2.24, 2.45) is 5.92 Å². The minimum absolute atomic E-state index is 0.00156. The van der Waals surface area contributed by atoms with Crippen molar-refractivity contribution in [2.45, 2.75) is 12.3 Å². The lowest BCUT2D eigenvalue weighted by Gasteiger charge is -2.05. The molecule has 1 fully saturated rings. The van der Waals surface area contributed by atoms with Crippen LogP contribution in [0.15, 0.2) is 42.9 Å². The summed E-state index contributed by atoms with van der Waals surface area (Å²) in [6.45, 7) is 0. The number of rotatable bonds is 4. The van der Waals surface area contributed by atoms with E-state index in [0.29, 0.717) is 5.82 Å². The van der Waals surface area contributed by atoms with E-state index in [9.17, 15) is 4.79 Å². The Labute approximate surface area is 117 Å². The average Bonchev–Trinajstić information content (AvgIpc) is 3.29. The first-order valence-electron chi connectivity index (χ1n) is 6.49. The first kappa shape index (κ1) is 12.6. The summed E-state index contributed by atoms with van der Waals surface area (Å²) < 4.78 is 5.21. The summed E-state index contributed by atoms with van der Waals surface area (Å²) in [6, 6.07) is 7.87. The van der Waals surface area contributed by atoms with Crippen molar-refractivity contribution < 1.29 is 9.53 Å². The first-order valence-corrected chi connectivity index (χ1v) is 6.49. The summed E-state index contributed by atoms with van der Waals surface area (Å²) >= 11 is 0. The predicted molar refractivity (Wildman–Crippen MR) is 74.5 cm³/mol. The summed E-state index contributed by atoms with van der Waals surface area (Å²) in [5, 5.41) is 2.79. The molecule has 0 spiro atoms. The first-order chi connectivity index (χ1) is 9.78. The lowest BCUT2D eigenvalue weighted by Crippen LogP contribution is -2.15. The van der Waals surface area contributed by atoms with Crippen LogP contribution in [0.4, 0.5) is 5.82 Å². The molecular weight excluding hydrogens is 254 g/mol. The van der Waals surface area contributed by atoms with Gasteiger partial charge in [0.2, 0.25) is 5.91 Å². The van der Waals surface area contributed by atoms with E-state index < -0.39 is 0 Å². The van der Waals surface area contributed by atoms with Gasteiger partial charge in [0.15, 0.2) is 5.82 Å². The number of hydrogen-bond acceptors (Lipinski definition) is 4. The Bertz CT molecular complexity index is 616. The molecule has 1 amide bonds. The number of ether oxygens (including phenoxy) is 1. The van der Waals surface area contributed by atoms with E-state index in [0.717, 1.165) is 17.7 Å². The quantitative estimate of drug-likeness (QED) is 0.924. The molecule has 1 aliphatic carbocycles. The van der Waals surface area contributed by atoms with Gasteiger partial charge in [-0.25, -0.2) is 4.98 Å². The van der Waals surface area contributed by atoms with E-state index in [4.69, 9.17) is 4.74 Å². The number of carbonyl (C=O) groups is 1. The highest BCUT2D eigenvalue weighted by Gasteiger charge is 2.44. The fourth-order valence-corrected chi connectivity index (χ4v) is 2.31. The van der Waals surface area contributed by atoms with E-state index in [-0.39, 0.29) is 17.7 Å². The minimum atomic E-state index is -0.00156. The third kappa shape index (κ3) is 2.61. The Balaban J connectivity index is 1.65. The fraction of sp³-hybridized carbons (Fsp3) is 0.267. The van der Waals surface area contributed by atoms with Gasteiger partial charge in [-0.3, -0.25) is 9.78 Å². The number of amides is 1. The summed E-state index contributed by atoms with van der Waals surface area (Å²) in [7, 11) is 1.64. The van der Waals surface area contributed by atoms with Crippen LogP contribution in [0.3, 0.4) is 0 Å². The van der Waals surface area contributed by atoms with Gasteiger partial charge in [-0.2, -0.15) is 0 Å². The van der Waals surface area contributed by atoms with Gasteiger partial charge < -0.3 is 10.1 Å². The monoisotopic (exact) mass is 269 g/mol. The number of methoxy groups -OCH3 is 1. The topological polar surface area (TPSA) is 64.1 Å². The summed E-state index contributed by atoms with van der Waals surface area (Å²) in [6.07, 6.45) is 5.54. The highest BCUT2D eigenvalue weighted by molar-refractivity contribution is 5.94. The van der Waals surface area contributed by atoms with Crippen LogP contribution >= 0.6 is 0 Å². The van der Waals surface area contributed by atoms with Crippen molar-refractivity contribution in [1.29, 1.82) is 0 Å². The maximum Gasteiger partial charge on any atom is 0.229 e. The van der Waals surface area contributed by atoms with E-state index >= 15 is 0 Å². The zero-order valence-electron chi connectivity index (χ0n) is 11.1. The Morgan fingerprint density at radius 3 is 3.05 bits per heavy atom. The maximum absolute atomic E-state index is 12.1. The van der Waals surface area contributed by atoms with Crippen molar-refractivity contribution in [3.63, 3.8) is 0 Å². The molecule has 0 unspecified atom stereocenters. The largest absolute Gasteiger partial charge is 0.497 e. The SMILES string of the molecule is COc1cccc([C@H]2C[C@@H]2C(=O)Nc2cnccn2)c1. The second-order valence-electron chi connectivity index (χ2n) is 4.81. The molecule has 20 heavy (non-hydrogen) atoms. The Morgan fingerprint density at radius 1 is 1.40 bits per heavy atom. The molecule has 2 atom stereocenters. The molecule has 102 valence electrons. The molecule has 5 nitrogen and oxygen atoms in total. The second-order valence-corrected chi connectivity index (χ2v) is 4.81. The molecule has 2 aromatic rings. The van der Waals surface area contributed by atoms with Crippen LogP contribution in [0.2, 0.25) is 0 Å². The van der Waals surface area contributed by atoms with Crippen molar-refractivity contribution in [2.75, 3.05) is 12.4 Å². The lowest BCUT2D eigenvalue weighted by molar-refractivity contribution is -0.117. The number of carbonyl (C=O) groups excluding carboxylic acids is 1. The van der Waals surface area contributed by atoms with E-state index in [2.05, 4.69) is 15.3 Å². The van der Waals surface area contributed by atoms with Crippen LogP contribution in [0, 0.1) is 5.92 Å². The molecular formula is C15H15N3O2. The van der Waals surface area contributed by atoms with Gasteiger partial charge in [-0.15, -0.1) is 0 Å². The molecule has 1 aliphatic rings. The molecule has 0 saturated heterocycles. The van der Waals surface area contributed by atoms with Crippen molar-refractivity contribution >= 4 is 11.7 Å². The number of nitrogens with one attached hydrogen (secondary N) is 1. The lowest BCUT2D eigenvalue weighted by atomic mass is 10.1. The molecule has 0 aliphatic heterocycles. The minimum Gasteiger partial charge on any atom is -0.497 e. The molecule has 0 bridgehead atoms. The Hall–Kier alpha value is -2.43. The van der Waals surface area contributed by atoms with Crippen molar-refractivity contribution in [3.8, 4) is 5.75 Å². The molecule has 1 N–H and O–H groups in total. The highest BCUT2D eigenvalue weighted by Crippen LogP contribution is 2.48. The Kier molecular flexibility index (Phi) is 3.33. The maximum atomic E-state index is 12.1. The van der Waals surface area contributed by atoms with Gasteiger partial charge in [0.25, 0.3) is 0 Å². The molecule has 5 heteroatoms. The average molecular weight is 269 g/mol. The van der Waals surface area contributed by atoms with Crippen LogP contribution in [0.25, 0.3) is 0 Å². The van der Waals surface area contributed by atoms with Gasteiger partial charge in [-0.1, -0.05) is 12.1 Å². The van der Waals surface area contributed by atoms with Crippen LogP contribution in [0.1, 0.15) is 17.9 Å². The van der Waals surface area contributed by atoms with Gasteiger partial charge in [-0.05, 0) is 30.0 Å². The number of hydrogen-bond donors (Lipinski definition) is 1. The summed E-state index contributed by atoms with van der Waals surface area (Å²) in [4.78, 5) is 20.1. The van der Waals surface area contributed by atoms with Gasteiger partial charge in [0.1, 0.15) is 5.75 Å². The van der Waals surface area contributed by atoms with Crippen LogP contribution in [-0.2, 0) is 4.79 Å². The van der Waals surface area contributed by atoms with Crippen LogP contribution in [-0.4, -0.2) is 23.0 Å². The summed E-state index contributed by atoms with van der Waals surface area (Å²) in [5.74, 6) is 1.58. The van der Waals surface area contributed by atoms with Gasteiger partial charge in [0, 0.05) is 18.3 Å². The smallest absolute Gasteiger partial charge is 0.229 e. The zero-order chi connectivity index (χ0) is 13.9. The number of nitrogens with zero attached hydrogens (tertiary/aromatic N) is 2. The van der Waals surface area contributed by atoms with E-state index in [1.807, 2.05) is 24.3 Å². The van der Waals surface area contributed by atoms with Gasteiger partial charge >= 0.3 is 0 Å². The van der Waals surface area contributed by atoms with E-state index in [1.54, 1.807) is 25.7 Å². The third-order valence-electron chi connectivity index (χ3n) is 3.46. The zero-order valence-corrected chi connectivity index (χ0v) is 11.1. The molecule has 0 radical (unpaired) electrons. The van der Waals surface area contributed by atoms with Crippen LogP contribution < -0.4 is 10.1 Å². The fourth-order valence-electron chi connectivity index (χ4n) is 2.31. The van der Waals surface area contributed by atoms with Gasteiger partial charge in [0.05, 0.1) is 13.3 Å². The number of benzene rings is 1. The summed E-state index contributed by atoms with van der Waals surface area (Å²) in [5.41, 5.74) is 1.14.